The monoisotopic (exact) mass is 414 g/mol. The van der Waals surface area contributed by atoms with Crippen LogP contribution in [-0.2, 0) is 4.79 Å². The zero-order valence-electron chi connectivity index (χ0n) is 17.0. The van der Waals surface area contributed by atoms with Crippen LogP contribution in [0, 0.1) is 5.92 Å². The topological polar surface area (TPSA) is 101 Å². The molecule has 0 radical (unpaired) electrons. The minimum atomic E-state index is 0.303. The molecule has 1 N–H and O–H groups in total. The van der Waals surface area contributed by atoms with Gasteiger partial charge in [0, 0.05) is 30.1 Å². The number of benzene rings is 2. The predicted molar refractivity (Wildman–Crippen MR) is 114 cm³/mol. The summed E-state index contributed by atoms with van der Waals surface area (Å²) in [5.41, 5.74) is 3.94. The molecule has 1 amide bonds. The van der Waals surface area contributed by atoms with E-state index in [1.807, 2.05) is 18.2 Å². The van der Waals surface area contributed by atoms with Gasteiger partial charge in [-0.05, 0) is 66.6 Å². The van der Waals surface area contributed by atoms with Crippen LogP contribution < -0.4 is 0 Å². The summed E-state index contributed by atoms with van der Waals surface area (Å²) in [7, 11) is 0. The lowest BCUT2D eigenvalue weighted by Gasteiger charge is -2.32. The number of carbonyl (C=O) groups excluding carboxylic acids is 1. The zero-order valence-corrected chi connectivity index (χ0v) is 17.0. The third-order valence-corrected chi connectivity index (χ3v) is 6.43. The fraction of sp³-hybridized carbons (Fsp3) is 0.348. The van der Waals surface area contributed by atoms with Crippen LogP contribution in [-0.4, -0.2) is 49.7 Å². The third-order valence-electron chi connectivity index (χ3n) is 6.43. The second kappa shape index (κ2) is 7.30. The fourth-order valence-corrected chi connectivity index (χ4v) is 4.53. The van der Waals surface area contributed by atoms with E-state index in [-0.39, 0.29) is 0 Å². The molecule has 1 saturated heterocycles. The van der Waals surface area contributed by atoms with Crippen molar-refractivity contribution in [1.29, 1.82) is 0 Å². The maximum atomic E-state index is 12.3. The molecule has 4 aromatic rings. The number of aromatic amines is 1. The van der Waals surface area contributed by atoms with Gasteiger partial charge in [-0.25, -0.2) is 0 Å². The molecule has 2 aromatic heterocycles. The van der Waals surface area contributed by atoms with Gasteiger partial charge >= 0.3 is 0 Å². The Morgan fingerprint density at radius 1 is 1.03 bits per heavy atom. The van der Waals surface area contributed by atoms with E-state index in [0.717, 1.165) is 66.6 Å². The lowest BCUT2D eigenvalue weighted by Crippen LogP contribution is -2.38. The van der Waals surface area contributed by atoms with E-state index in [2.05, 4.69) is 54.9 Å². The summed E-state index contributed by atoms with van der Waals surface area (Å²) in [6.45, 7) is 1.70. The van der Waals surface area contributed by atoms with Gasteiger partial charge in [-0.1, -0.05) is 23.4 Å². The minimum absolute atomic E-state index is 0.303. The molecule has 8 nitrogen and oxygen atoms in total. The Hall–Kier alpha value is -3.55. The number of piperidine rings is 1. The standard InChI is InChI=1S/C23H22N6O2/c30-23(15-4-5-15)29-10-8-14(9-11-29)16-2-1-3-17(12-16)21-19-13-18(22-24-27-28-25-22)6-7-20(19)26-31-21/h1-3,6-7,12-15H,4-5,8-11H2,(H,24,25,27,28). The van der Waals surface area contributed by atoms with E-state index in [0.29, 0.717) is 23.6 Å². The lowest BCUT2D eigenvalue weighted by molar-refractivity contribution is -0.133. The molecule has 1 aliphatic heterocycles. The van der Waals surface area contributed by atoms with Crippen molar-refractivity contribution in [2.45, 2.75) is 31.6 Å². The second-order valence-electron chi connectivity index (χ2n) is 8.48. The van der Waals surface area contributed by atoms with Crippen LogP contribution in [0.1, 0.15) is 37.2 Å². The van der Waals surface area contributed by atoms with Crippen molar-refractivity contribution in [3.63, 3.8) is 0 Å². The normalized spacial score (nSPS) is 17.4. The van der Waals surface area contributed by atoms with Crippen LogP contribution in [0.4, 0.5) is 0 Å². The van der Waals surface area contributed by atoms with Gasteiger partial charge in [0.25, 0.3) is 0 Å². The maximum absolute atomic E-state index is 12.3. The molecule has 6 rings (SSSR count). The Labute approximate surface area is 178 Å². The van der Waals surface area contributed by atoms with Crippen LogP contribution >= 0.6 is 0 Å². The average Bonchev–Trinajstić information content (AvgIpc) is 3.35. The first-order chi connectivity index (χ1) is 15.3. The molecule has 1 aliphatic carbocycles. The quantitative estimate of drug-likeness (QED) is 0.545. The van der Waals surface area contributed by atoms with Gasteiger partial charge in [-0.3, -0.25) is 4.79 Å². The van der Waals surface area contributed by atoms with Gasteiger partial charge in [-0.2, -0.15) is 5.21 Å². The molecule has 2 fully saturated rings. The number of hydrogen-bond acceptors (Lipinski definition) is 6. The maximum Gasteiger partial charge on any atom is 0.225 e. The number of amides is 1. The van der Waals surface area contributed by atoms with Gasteiger partial charge in [0.15, 0.2) is 5.76 Å². The number of rotatable bonds is 4. The highest BCUT2D eigenvalue weighted by Crippen LogP contribution is 2.36. The SMILES string of the molecule is O=C(C1CC1)N1CCC(c2cccc(-c3onc4ccc(-c5nn[nH]n5)cc34)c2)CC1. The number of nitrogens with one attached hydrogen (secondary N) is 1. The summed E-state index contributed by atoms with van der Waals surface area (Å²) in [5, 5.41) is 19.4. The summed E-state index contributed by atoms with van der Waals surface area (Å²) < 4.78 is 5.73. The summed E-state index contributed by atoms with van der Waals surface area (Å²) in [5.74, 6) is 2.39. The Balaban J connectivity index is 1.27. The van der Waals surface area contributed by atoms with Crippen molar-refractivity contribution in [3.05, 3.63) is 48.0 Å². The fourth-order valence-electron chi connectivity index (χ4n) is 4.53. The first-order valence-electron chi connectivity index (χ1n) is 10.8. The van der Waals surface area contributed by atoms with E-state index < -0.39 is 0 Å². The number of nitrogens with zero attached hydrogens (tertiary/aromatic N) is 5. The highest BCUT2D eigenvalue weighted by Gasteiger charge is 2.35. The molecule has 8 heteroatoms. The van der Waals surface area contributed by atoms with E-state index in [9.17, 15) is 4.79 Å². The molecular formula is C23H22N6O2. The second-order valence-corrected chi connectivity index (χ2v) is 8.48. The highest BCUT2D eigenvalue weighted by molar-refractivity contribution is 5.94. The van der Waals surface area contributed by atoms with Crippen molar-refractivity contribution in [2.75, 3.05) is 13.1 Å². The number of hydrogen-bond donors (Lipinski definition) is 1. The number of carbonyl (C=O) groups is 1. The minimum Gasteiger partial charge on any atom is -0.355 e. The van der Waals surface area contributed by atoms with Crippen molar-refractivity contribution in [3.8, 4) is 22.7 Å². The summed E-state index contributed by atoms with van der Waals surface area (Å²) in [6.07, 6.45) is 4.14. The van der Waals surface area contributed by atoms with Crippen molar-refractivity contribution >= 4 is 16.8 Å². The number of tetrazole rings is 1. The Kier molecular flexibility index (Phi) is 4.29. The molecule has 2 aliphatic rings. The van der Waals surface area contributed by atoms with Gasteiger partial charge in [0.2, 0.25) is 11.7 Å². The van der Waals surface area contributed by atoms with Gasteiger partial charge < -0.3 is 9.42 Å². The van der Waals surface area contributed by atoms with Crippen LogP contribution in [0.25, 0.3) is 33.6 Å². The molecule has 3 heterocycles. The molecule has 31 heavy (non-hydrogen) atoms. The Morgan fingerprint density at radius 3 is 2.68 bits per heavy atom. The van der Waals surface area contributed by atoms with Crippen LogP contribution in [0.15, 0.2) is 47.0 Å². The molecule has 0 unspecified atom stereocenters. The van der Waals surface area contributed by atoms with Crippen molar-refractivity contribution in [2.24, 2.45) is 5.92 Å². The molecule has 0 atom stereocenters. The van der Waals surface area contributed by atoms with Crippen molar-refractivity contribution < 1.29 is 9.32 Å². The molecule has 156 valence electrons. The number of fused-ring (bicyclic) bond motifs is 1. The largest absolute Gasteiger partial charge is 0.355 e. The number of aromatic nitrogens is 5. The highest BCUT2D eigenvalue weighted by atomic mass is 16.5. The van der Waals surface area contributed by atoms with Crippen LogP contribution in [0.5, 0.6) is 0 Å². The summed E-state index contributed by atoms with van der Waals surface area (Å²) in [6, 6.07) is 14.3. The zero-order chi connectivity index (χ0) is 20.8. The summed E-state index contributed by atoms with van der Waals surface area (Å²) >= 11 is 0. The predicted octanol–water partition coefficient (Wildman–Crippen LogP) is 3.79. The van der Waals surface area contributed by atoms with Crippen molar-refractivity contribution in [1.82, 2.24) is 30.7 Å². The molecule has 0 bridgehead atoms. The molecule has 0 spiro atoms. The third kappa shape index (κ3) is 3.37. The van der Waals surface area contributed by atoms with Crippen LogP contribution in [0.3, 0.4) is 0 Å². The van der Waals surface area contributed by atoms with Gasteiger partial charge in [0.05, 0.1) is 5.39 Å². The van der Waals surface area contributed by atoms with Gasteiger partial charge in [-0.15, -0.1) is 10.2 Å². The number of likely N-dealkylation sites (tertiary alicyclic amines) is 1. The van der Waals surface area contributed by atoms with E-state index >= 15 is 0 Å². The number of H-pyrrole nitrogens is 1. The summed E-state index contributed by atoms with van der Waals surface area (Å²) in [4.78, 5) is 14.4. The molecule has 1 saturated carbocycles. The molecule has 2 aromatic carbocycles. The Morgan fingerprint density at radius 2 is 1.90 bits per heavy atom. The lowest BCUT2D eigenvalue weighted by atomic mass is 9.88. The van der Waals surface area contributed by atoms with Crippen LogP contribution in [0.2, 0.25) is 0 Å². The molecular weight excluding hydrogens is 392 g/mol. The van der Waals surface area contributed by atoms with Gasteiger partial charge in [0.1, 0.15) is 5.52 Å². The first kappa shape index (κ1) is 18.2. The van der Waals surface area contributed by atoms with E-state index in [1.54, 1.807) is 0 Å². The average molecular weight is 414 g/mol. The van der Waals surface area contributed by atoms with E-state index in [1.165, 1.54) is 5.56 Å². The smallest absolute Gasteiger partial charge is 0.225 e. The Bertz CT molecular complexity index is 1240. The van der Waals surface area contributed by atoms with E-state index in [4.69, 9.17) is 4.52 Å². The first-order valence-corrected chi connectivity index (χ1v) is 10.8.